The van der Waals surface area contributed by atoms with Crippen molar-refractivity contribution in [3.05, 3.63) is 23.2 Å². The average molecular weight is 341 g/mol. The Morgan fingerprint density at radius 1 is 1.48 bits per heavy atom. The first-order valence-corrected chi connectivity index (χ1v) is 8.22. The molecule has 1 unspecified atom stereocenters. The molecule has 0 spiro atoms. The summed E-state index contributed by atoms with van der Waals surface area (Å²) >= 11 is 5.74. The minimum absolute atomic E-state index is 0.0906. The smallest absolute Gasteiger partial charge is 0.387 e. The zero-order valence-corrected chi connectivity index (χ0v) is 12.6. The number of nitrogens with one attached hydrogen (secondary N) is 2. The van der Waals surface area contributed by atoms with Crippen LogP contribution in [0.1, 0.15) is 12.8 Å². The lowest BCUT2D eigenvalue weighted by Gasteiger charge is -2.13. The molecular weight excluding hydrogens is 326 g/mol. The van der Waals surface area contributed by atoms with Crippen molar-refractivity contribution >= 4 is 21.6 Å². The molecule has 1 saturated heterocycles. The highest BCUT2D eigenvalue weighted by molar-refractivity contribution is 7.89. The third-order valence-electron chi connectivity index (χ3n) is 3.11. The van der Waals surface area contributed by atoms with E-state index in [2.05, 4.69) is 14.8 Å². The molecule has 118 valence electrons. The molecule has 0 aromatic heterocycles. The summed E-state index contributed by atoms with van der Waals surface area (Å²) in [6.45, 7) is -1.87. The summed E-state index contributed by atoms with van der Waals surface area (Å²) < 4.78 is 55.0. The summed E-state index contributed by atoms with van der Waals surface area (Å²) in [7, 11) is -3.73. The Bertz CT molecular complexity index is 592. The van der Waals surface area contributed by atoms with E-state index in [1.165, 1.54) is 6.07 Å². The van der Waals surface area contributed by atoms with E-state index in [-0.39, 0.29) is 28.3 Å². The van der Waals surface area contributed by atoms with Gasteiger partial charge in [0.05, 0.1) is 9.92 Å². The molecule has 0 radical (unpaired) electrons. The van der Waals surface area contributed by atoms with Gasteiger partial charge in [0.2, 0.25) is 10.0 Å². The van der Waals surface area contributed by atoms with Crippen molar-refractivity contribution in [3.63, 3.8) is 0 Å². The molecule has 0 saturated carbocycles. The van der Waals surface area contributed by atoms with Gasteiger partial charge < -0.3 is 10.1 Å². The second kappa shape index (κ2) is 6.87. The highest BCUT2D eigenvalue weighted by atomic mass is 35.5. The van der Waals surface area contributed by atoms with Crippen molar-refractivity contribution in [2.45, 2.75) is 30.4 Å². The predicted octanol–water partition coefficient (Wildman–Crippen LogP) is 1.97. The van der Waals surface area contributed by atoms with Crippen LogP contribution in [-0.4, -0.2) is 34.2 Å². The fraction of sp³-hybridized carbons (Fsp3) is 0.500. The number of halogens is 3. The first-order chi connectivity index (χ1) is 9.88. The second-order valence-corrected chi connectivity index (χ2v) is 6.79. The van der Waals surface area contributed by atoms with Crippen LogP contribution in [0.3, 0.4) is 0 Å². The molecular formula is C12H15ClF2N2O3S. The molecule has 1 heterocycles. The molecule has 1 aromatic carbocycles. The van der Waals surface area contributed by atoms with E-state index < -0.39 is 16.6 Å². The number of hydrogen-bond donors (Lipinski definition) is 2. The van der Waals surface area contributed by atoms with Gasteiger partial charge in [0.1, 0.15) is 5.75 Å². The van der Waals surface area contributed by atoms with Gasteiger partial charge in [-0.2, -0.15) is 8.78 Å². The lowest BCUT2D eigenvalue weighted by atomic mass is 10.2. The van der Waals surface area contributed by atoms with Gasteiger partial charge in [0.15, 0.2) is 0 Å². The van der Waals surface area contributed by atoms with Crippen LogP contribution in [0.2, 0.25) is 5.02 Å². The zero-order valence-electron chi connectivity index (χ0n) is 11.0. The van der Waals surface area contributed by atoms with Crippen LogP contribution in [0.25, 0.3) is 0 Å². The fourth-order valence-electron chi connectivity index (χ4n) is 2.06. The number of sulfonamides is 1. The maximum absolute atomic E-state index is 12.1. The minimum Gasteiger partial charge on any atom is -0.433 e. The standard InChI is InChI=1S/C12H15ClF2N2O3S/c13-10-6-9(3-4-11(10)20-12(14)15)21(18,19)17-7-8-2-1-5-16-8/h3-4,6,8,12,16-17H,1-2,5,7H2. The minimum atomic E-state index is -3.73. The Balaban J connectivity index is 2.06. The average Bonchev–Trinajstić information content (AvgIpc) is 2.91. The molecule has 1 aromatic rings. The molecule has 2 rings (SSSR count). The summed E-state index contributed by atoms with van der Waals surface area (Å²) in [5.74, 6) is -0.261. The maximum Gasteiger partial charge on any atom is 0.387 e. The highest BCUT2D eigenvalue weighted by Gasteiger charge is 2.20. The Labute approximate surface area is 126 Å². The fourth-order valence-corrected chi connectivity index (χ4v) is 3.46. The van der Waals surface area contributed by atoms with E-state index in [1.54, 1.807) is 0 Å². The molecule has 2 N–H and O–H groups in total. The third kappa shape index (κ3) is 4.50. The zero-order chi connectivity index (χ0) is 15.5. The normalized spacial score (nSPS) is 19.1. The van der Waals surface area contributed by atoms with E-state index in [0.29, 0.717) is 0 Å². The van der Waals surface area contributed by atoms with E-state index >= 15 is 0 Å². The summed E-state index contributed by atoms with van der Waals surface area (Å²) in [4.78, 5) is -0.0906. The van der Waals surface area contributed by atoms with Crippen molar-refractivity contribution in [2.75, 3.05) is 13.1 Å². The van der Waals surface area contributed by atoms with E-state index in [9.17, 15) is 17.2 Å². The molecule has 1 atom stereocenters. The van der Waals surface area contributed by atoms with Crippen LogP contribution in [0.4, 0.5) is 8.78 Å². The summed E-state index contributed by atoms with van der Waals surface area (Å²) in [5, 5.41) is 2.98. The van der Waals surface area contributed by atoms with Crippen LogP contribution < -0.4 is 14.8 Å². The quantitative estimate of drug-likeness (QED) is 0.831. The molecule has 0 bridgehead atoms. The summed E-state index contributed by atoms with van der Waals surface area (Å²) in [6, 6.07) is 3.48. The number of benzene rings is 1. The van der Waals surface area contributed by atoms with Gasteiger partial charge in [-0.3, -0.25) is 0 Å². The number of hydrogen-bond acceptors (Lipinski definition) is 4. The Hall–Kier alpha value is -0.960. The van der Waals surface area contributed by atoms with Crippen LogP contribution in [0, 0.1) is 0 Å². The summed E-state index contributed by atoms with van der Waals surface area (Å²) in [5.41, 5.74) is 0. The van der Waals surface area contributed by atoms with Gasteiger partial charge in [0, 0.05) is 12.6 Å². The van der Waals surface area contributed by atoms with Crippen molar-refractivity contribution in [3.8, 4) is 5.75 Å². The SMILES string of the molecule is O=S(=O)(NCC1CCCN1)c1ccc(OC(F)F)c(Cl)c1. The van der Waals surface area contributed by atoms with Crippen molar-refractivity contribution in [1.82, 2.24) is 10.0 Å². The third-order valence-corrected chi connectivity index (χ3v) is 4.83. The van der Waals surface area contributed by atoms with Crippen LogP contribution in [0.15, 0.2) is 23.1 Å². The predicted molar refractivity (Wildman–Crippen MR) is 74.3 cm³/mol. The first-order valence-electron chi connectivity index (χ1n) is 6.36. The van der Waals surface area contributed by atoms with Crippen molar-refractivity contribution in [1.29, 1.82) is 0 Å². The Morgan fingerprint density at radius 2 is 2.24 bits per heavy atom. The molecule has 9 heteroatoms. The summed E-state index contributed by atoms with van der Waals surface area (Å²) in [6.07, 6.45) is 1.92. The highest BCUT2D eigenvalue weighted by Crippen LogP contribution is 2.28. The van der Waals surface area contributed by atoms with E-state index in [1.807, 2.05) is 0 Å². The lowest BCUT2D eigenvalue weighted by molar-refractivity contribution is -0.0498. The van der Waals surface area contributed by atoms with Crippen LogP contribution >= 0.6 is 11.6 Å². The molecule has 1 fully saturated rings. The molecule has 5 nitrogen and oxygen atoms in total. The largest absolute Gasteiger partial charge is 0.433 e. The van der Waals surface area contributed by atoms with Gasteiger partial charge in [-0.05, 0) is 37.6 Å². The van der Waals surface area contributed by atoms with Crippen molar-refractivity contribution < 1.29 is 21.9 Å². The van der Waals surface area contributed by atoms with Crippen LogP contribution in [0.5, 0.6) is 5.75 Å². The number of ether oxygens (including phenoxy) is 1. The molecule has 1 aliphatic heterocycles. The van der Waals surface area contributed by atoms with Gasteiger partial charge in [-0.1, -0.05) is 11.6 Å². The number of alkyl halides is 2. The Morgan fingerprint density at radius 3 is 2.81 bits per heavy atom. The molecule has 0 aliphatic carbocycles. The molecule has 21 heavy (non-hydrogen) atoms. The maximum atomic E-state index is 12.1. The topological polar surface area (TPSA) is 67.4 Å². The first kappa shape index (κ1) is 16.4. The second-order valence-electron chi connectivity index (χ2n) is 4.62. The van der Waals surface area contributed by atoms with Gasteiger partial charge in [-0.25, -0.2) is 13.1 Å². The monoisotopic (exact) mass is 340 g/mol. The van der Waals surface area contributed by atoms with E-state index in [0.717, 1.165) is 31.5 Å². The van der Waals surface area contributed by atoms with Crippen LogP contribution in [-0.2, 0) is 10.0 Å². The molecule has 0 amide bonds. The lowest BCUT2D eigenvalue weighted by Crippen LogP contribution is -2.37. The van der Waals surface area contributed by atoms with Crippen molar-refractivity contribution in [2.24, 2.45) is 0 Å². The van der Waals surface area contributed by atoms with Gasteiger partial charge in [-0.15, -0.1) is 0 Å². The van der Waals surface area contributed by atoms with Gasteiger partial charge >= 0.3 is 6.61 Å². The Kier molecular flexibility index (Phi) is 5.37. The van der Waals surface area contributed by atoms with Gasteiger partial charge in [0.25, 0.3) is 0 Å². The number of rotatable bonds is 6. The van der Waals surface area contributed by atoms with E-state index in [4.69, 9.17) is 11.6 Å². The molecule has 1 aliphatic rings.